The minimum atomic E-state index is -0.471. The van der Waals surface area contributed by atoms with E-state index < -0.39 is 11.7 Å². The first kappa shape index (κ1) is 15.6. The van der Waals surface area contributed by atoms with Crippen molar-refractivity contribution in [2.24, 2.45) is 0 Å². The Kier molecular flexibility index (Phi) is 5.96. The highest BCUT2D eigenvalue weighted by Crippen LogP contribution is 2.17. The molecule has 4 nitrogen and oxygen atoms in total. The molecule has 0 aliphatic rings. The molecule has 1 rings (SSSR count). The Bertz CT molecular complexity index is 415. The third-order valence-electron chi connectivity index (χ3n) is 2.05. The second-order valence-electron chi connectivity index (χ2n) is 5.09. The van der Waals surface area contributed by atoms with Gasteiger partial charge in [0, 0.05) is 11.6 Å². The van der Waals surface area contributed by atoms with Crippen LogP contribution >= 0.6 is 11.6 Å². The summed E-state index contributed by atoms with van der Waals surface area (Å²) in [5.41, 5.74) is -0.471. The van der Waals surface area contributed by atoms with Crippen molar-refractivity contribution >= 4 is 17.7 Å². The van der Waals surface area contributed by atoms with Crippen LogP contribution in [0.3, 0.4) is 0 Å². The summed E-state index contributed by atoms with van der Waals surface area (Å²) in [5.74, 6) is 0.727. The number of halogens is 1. The number of rotatable bonds is 5. The van der Waals surface area contributed by atoms with E-state index in [2.05, 4.69) is 5.32 Å². The lowest BCUT2D eigenvalue weighted by Gasteiger charge is -2.19. The molecule has 1 aromatic carbocycles. The zero-order valence-electron chi connectivity index (χ0n) is 11.5. The third kappa shape index (κ3) is 7.57. The summed E-state index contributed by atoms with van der Waals surface area (Å²) < 4.78 is 10.6. The van der Waals surface area contributed by atoms with Crippen LogP contribution in [0, 0.1) is 0 Å². The molecule has 0 unspecified atom stereocenters. The minimum Gasteiger partial charge on any atom is -0.493 e. The standard InChI is InChI=1S/C14H20ClNO3/c1-14(2,3)19-13(17)16-8-5-9-18-12-7-4-6-11(15)10-12/h4,6-7,10H,5,8-9H2,1-3H3,(H,16,17). The van der Waals surface area contributed by atoms with Gasteiger partial charge in [-0.2, -0.15) is 0 Å². The molecular formula is C14H20ClNO3. The monoisotopic (exact) mass is 285 g/mol. The van der Waals surface area contributed by atoms with Gasteiger partial charge in [-0.1, -0.05) is 17.7 Å². The van der Waals surface area contributed by atoms with Gasteiger partial charge in [-0.05, 0) is 45.4 Å². The molecule has 0 aliphatic carbocycles. The van der Waals surface area contributed by atoms with E-state index >= 15 is 0 Å². The molecule has 106 valence electrons. The zero-order chi connectivity index (χ0) is 14.3. The number of hydrogen-bond donors (Lipinski definition) is 1. The number of hydrogen-bond acceptors (Lipinski definition) is 3. The zero-order valence-corrected chi connectivity index (χ0v) is 12.3. The van der Waals surface area contributed by atoms with Gasteiger partial charge in [-0.3, -0.25) is 0 Å². The number of ether oxygens (including phenoxy) is 2. The van der Waals surface area contributed by atoms with Gasteiger partial charge in [0.1, 0.15) is 11.4 Å². The average Bonchev–Trinajstić information content (AvgIpc) is 2.26. The van der Waals surface area contributed by atoms with Gasteiger partial charge in [-0.15, -0.1) is 0 Å². The second kappa shape index (κ2) is 7.24. The van der Waals surface area contributed by atoms with Gasteiger partial charge in [0.2, 0.25) is 0 Å². The molecule has 0 saturated heterocycles. The van der Waals surface area contributed by atoms with Crippen molar-refractivity contribution in [3.05, 3.63) is 29.3 Å². The minimum absolute atomic E-state index is 0.407. The molecular weight excluding hydrogens is 266 g/mol. The second-order valence-corrected chi connectivity index (χ2v) is 5.52. The summed E-state index contributed by atoms with van der Waals surface area (Å²) >= 11 is 5.83. The van der Waals surface area contributed by atoms with Crippen LogP contribution in [-0.2, 0) is 4.74 Å². The van der Waals surface area contributed by atoms with Crippen LogP contribution in [0.25, 0.3) is 0 Å². The lowest BCUT2D eigenvalue weighted by molar-refractivity contribution is 0.0525. The highest BCUT2D eigenvalue weighted by molar-refractivity contribution is 6.30. The first-order chi connectivity index (χ1) is 8.87. The maximum Gasteiger partial charge on any atom is 0.407 e. The molecule has 0 heterocycles. The summed E-state index contributed by atoms with van der Waals surface area (Å²) in [6.07, 6.45) is 0.293. The Labute approximate surface area is 119 Å². The molecule has 0 spiro atoms. The van der Waals surface area contributed by atoms with Gasteiger partial charge >= 0.3 is 6.09 Å². The van der Waals surface area contributed by atoms with Crippen molar-refractivity contribution in [2.45, 2.75) is 32.8 Å². The fraction of sp³-hybridized carbons (Fsp3) is 0.500. The van der Waals surface area contributed by atoms with E-state index in [9.17, 15) is 4.79 Å². The smallest absolute Gasteiger partial charge is 0.407 e. The lowest BCUT2D eigenvalue weighted by atomic mass is 10.2. The maximum absolute atomic E-state index is 11.3. The van der Waals surface area contributed by atoms with Gasteiger partial charge in [0.15, 0.2) is 0 Å². The Morgan fingerprint density at radius 1 is 1.37 bits per heavy atom. The Hall–Kier alpha value is -1.42. The van der Waals surface area contributed by atoms with Gasteiger partial charge < -0.3 is 14.8 Å². The average molecular weight is 286 g/mol. The van der Waals surface area contributed by atoms with E-state index in [1.807, 2.05) is 32.9 Å². The number of carbonyl (C=O) groups is 1. The molecule has 0 radical (unpaired) electrons. The van der Waals surface area contributed by atoms with Crippen LogP contribution in [0.1, 0.15) is 27.2 Å². The van der Waals surface area contributed by atoms with E-state index in [1.54, 1.807) is 12.1 Å². The first-order valence-corrected chi connectivity index (χ1v) is 6.60. The molecule has 1 amide bonds. The van der Waals surface area contributed by atoms with E-state index in [1.165, 1.54) is 0 Å². The lowest BCUT2D eigenvalue weighted by Crippen LogP contribution is -2.33. The Morgan fingerprint density at radius 2 is 2.11 bits per heavy atom. The number of amides is 1. The summed E-state index contributed by atoms with van der Waals surface area (Å²) in [4.78, 5) is 11.3. The van der Waals surface area contributed by atoms with Crippen LogP contribution in [0.4, 0.5) is 4.79 Å². The van der Waals surface area contributed by atoms with Gasteiger partial charge in [-0.25, -0.2) is 4.79 Å². The van der Waals surface area contributed by atoms with Crippen molar-refractivity contribution in [3.63, 3.8) is 0 Å². The fourth-order valence-corrected chi connectivity index (χ4v) is 1.50. The van der Waals surface area contributed by atoms with Crippen molar-refractivity contribution in [3.8, 4) is 5.75 Å². The normalized spacial score (nSPS) is 10.9. The Morgan fingerprint density at radius 3 is 2.74 bits per heavy atom. The van der Waals surface area contributed by atoms with Crippen LogP contribution in [0.5, 0.6) is 5.75 Å². The number of carbonyl (C=O) groups excluding carboxylic acids is 1. The predicted octanol–water partition coefficient (Wildman–Crippen LogP) is 3.63. The maximum atomic E-state index is 11.3. The quantitative estimate of drug-likeness (QED) is 0.840. The fourth-order valence-electron chi connectivity index (χ4n) is 1.32. The van der Waals surface area contributed by atoms with Crippen molar-refractivity contribution in [1.29, 1.82) is 0 Å². The van der Waals surface area contributed by atoms with Crippen LogP contribution in [-0.4, -0.2) is 24.8 Å². The van der Waals surface area contributed by atoms with Crippen molar-refractivity contribution in [1.82, 2.24) is 5.32 Å². The number of alkyl carbamates (subject to hydrolysis) is 1. The molecule has 0 atom stereocenters. The predicted molar refractivity (Wildman–Crippen MR) is 75.8 cm³/mol. The molecule has 19 heavy (non-hydrogen) atoms. The van der Waals surface area contributed by atoms with E-state index in [-0.39, 0.29) is 0 Å². The molecule has 5 heteroatoms. The molecule has 0 bridgehead atoms. The summed E-state index contributed by atoms with van der Waals surface area (Å²) in [6.45, 7) is 6.50. The van der Waals surface area contributed by atoms with Crippen LogP contribution in [0.2, 0.25) is 5.02 Å². The van der Waals surface area contributed by atoms with E-state index in [0.717, 1.165) is 5.75 Å². The highest BCUT2D eigenvalue weighted by atomic mass is 35.5. The van der Waals surface area contributed by atoms with Gasteiger partial charge in [0.25, 0.3) is 0 Å². The van der Waals surface area contributed by atoms with E-state index in [0.29, 0.717) is 24.6 Å². The SMILES string of the molecule is CC(C)(C)OC(=O)NCCCOc1cccc(Cl)c1. The largest absolute Gasteiger partial charge is 0.493 e. The number of nitrogens with one attached hydrogen (secondary N) is 1. The van der Waals surface area contributed by atoms with Crippen LogP contribution < -0.4 is 10.1 Å². The summed E-state index contributed by atoms with van der Waals surface area (Å²) in [7, 11) is 0. The highest BCUT2D eigenvalue weighted by Gasteiger charge is 2.15. The molecule has 0 fully saturated rings. The molecule has 0 saturated carbocycles. The van der Waals surface area contributed by atoms with Crippen LogP contribution in [0.15, 0.2) is 24.3 Å². The van der Waals surface area contributed by atoms with Crippen molar-refractivity contribution < 1.29 is 14.3 Å². The summed E-state index contributed by atoms with van der Waals surface area (Å²) in [5, 5.41) is 3.31. The number of benzene rings is 1. The molecule has 0 aromatic heterocycles. The van der Waals surface area contributed by atoms with Gasteiger partial charge in [0.05, 0.1) is 6.61 Å². The third-order valence-corrected chi connectivity index (χ3v) is 2.29. The summed E-state index contributed by atoms with van der Waals surface area (Å²) in [6, 6.07) is 7.21. The first-order valence-electron chi connectivity index (χ1n) is 6.22. The van der Waals surface area contributed by atoms with E-state index in [4.69, 9.17) is 21.1 Å². The molecule has 0 aliphatic heterocycles. The topological polar surface area (TPSA) is 47.6 Å². The van der Waals surface area contributed by atoms with Crippen molar-refractivity contribution in [2.75, 3.05) is 13.2 Å². The Balaban J connectivity index is 2.13. The molecule has 1 N–H and O–H groups in total. The molecule has 1 aromatic rings.